The van der Waals surface area contributed by atoms with Crippen LogP contribution in [0, 0.1) is 18.6 Å². The van der Waals surface area contributed by atoms with Gasteiger partial charge in [-0.05, 0) is 46.0 Å². The highest BCUT2D eigenvalue weighted by molar-refractivity contribution is 7.71. The van der Waals surface area contributed by atoms with Crippen molar-refractivity contribution in [3.63, 3.8) is 0 Å². The maximum Gasteiger partial charge on any atom is 0.216 e. The Morgan fingerprint density at radius 3 is 2.45 bits per heavy atom. The van der Waals surface area contributed by atoms with Crippen molar-refractivity contribution in [1.29, 1.82) is 0 Å². The van der Waals surface area contributed by atoms with E-state index in [-0.39, 0.29) is 5.41 Å². The van der Waals surface area contributed by atoms with Crippen LogP contribution >= 0.6 is 12.2 Å². The molecule has 0 saturated heterocycles. The standard InChI is InChI=1S/C16H25N5S/c1-10(2)20-11(3)8-13(12(20)4)9-17-21-14(16(5,6)7)18-19-15(21)22/h8-10H,1-7H3,(H,19,22)/b17-9-. The molecule has 0 aliphatic rings. The minimum absolute atomic E-state index is 0.125. The van der Waals surface area contributed by atoms with Crippen molar-refractivity contribution in [2.24, 2.45) is 5.10 Å². The Morgan fingerprint density at radius 2 is 1.95 bits per heavy atom. The molecule has 0 saturated carbocycles. The van der Waals surface area contributed by atoms with Gasteiger partial charge in [-0.25, -0.2) is 0 Å². The lowest BCUT2D eigenvalue weighted by Gasteiger charge is -2.15. The van der Waals surface area contributed by atoms with Gasteiger partial charge in [0, 0.05) is 28.4 Å². The maximum absolute atomic E-state index is 5.29. The highest BCUT2D eigenvalue weighted by Crippen LogP contribution is 2.21. The van der Waals surface area contributed by atoms with Crippen LogP contribution in [0.5, 0.6) is 0 Å². The van der Waals surface area contributed by atoms with Crippen LogP contribution in [0.2, 0.25) is 0 Å². The predicted octanol–water partition coefficient (Wildman–Crippen LogP) is 4.12. The minimum atomic E-state index is -0.125. The number of aryl methyl sites for hydroxylation is 1. The molecule has 0 spiro atoms. The summed E-state index contributed by atoms with van der Waals surface area (Å²) < 4.78 is 4.52. The van der Waals surface area contributed by atoms with Crippen LogP contribution in [-0.2, 0) is 5.41 Å². The number of rotatable bonds is 3. The lowest BCUT2D eigenvalue weighted by atomic mass is 9.96. The van der Waals surface area contributed by atoms with Crippen LogP contribution in [0.15, 0.2) is 11.2 Å². The quantitative estimate of drug-likeness (QED) is 0.683. The molecule has 0 unspecified atom stereocenters. The molecule has 0 radical (unpaired) electrons. The summed E-state index contributed by atoms with van der Waals surface area (Å²) in [5, 5.41) is 11.7. The number of hydrogen-bond donors (Lipinski definition) is 1. The summed E-state index contributed by atoms with van der Waals surface area (Å²) in [5.74, 6) is 0.825. The van der Waals surface area contributed by atoms with Gasteiger partial charge in [-0.3, -0.25) is 5.10 Å². The molecule has 0 aromatic carbocycles. The van der Waals surface area contributed by atoms with Gasteiger partial charge in [0.15, 0.2) is 5.82 Å². The molecular formula is C16H25N5S. The molecule has 0 aliphatic heterocycles. The normalized spacial score (nSPS) is 12.7. The first-order chi connectivity index (χ1) is 10.1. The van der Waals surface area contributed by atoms with E-state index in [1.54, 1.807) is 4.68 Å². The molecule has 2 rings (SSSR count). The van der Waals surface area contributed by atoms with Crippen molar-refractivity contribution in [3.05, 3.63) is 33.6 Å². The molecule has 2 aromatic heterocycles. The van der Waals surface area contributed by atoms with Gasteiger partial charge in [-0.15, -0.1) is 0 Å². The summed E-state index contributed by atoms with van der Waals surface area (Å²) in [6.45, 7) is 14.9. The molecule has 120 valence electrons. The van der Waals surface area contributed by atoms with Gasteiger partial charge in [0.2, 0.25) is 4.77 Å². The molecule has 2 aromatic rings. The van der Waals surface area contributed by atoms with Crippen molar-refractivity contribution < 1.29 is 0 Å². The van der Waals surface area contributed by atoms with Crippen molar-refractivity contribution in [2.75, 3.05) is 0 Å². The second-order valence-electron chi connectivity index (χ2n) is 6.95. The first kappa shape index (κ1) is 16.7. The van der Waals surface area contributed by atoms with E-state index in [0.29, 0.717) is 10.8 Å². The van der Waals surface area contributed by atoms with Crippen molar-refractivity contribution >= 4 is 18.4 Å². The van der Waals surface area contributed by atoms with Crippen LogP contribution in [0.1, 0.15) is 63.4 Å². The molecule has 2 heterocycles. The third kappa shape index (κ3) is 3.06. The number of aromatic amines is 1. The van der Waals surface area contributed by atoms with E-state index in [0.717, 1.165) is 11.4 Å². The molecular weight excluding hydrogens is 294 g/mol. The van der Waals surface area contributed by atoms with E-state index in [9.17, 15) is 0 Å². The second kappa shape index (κ2) is 5.83. The number of hydrogen-bond acceptors (Lipinski definition) is 3. The van der Waals surface area contributed by atoms with Crippen molar-refractivity contribution in [2.45, 2.75) is 59.9 Å². The van der Waals surface area contributed by atoms with Crippen LogP contribution < -0.4 is 0 Å². The summed E-state index contributed by atoms with van der Waals surface area (Å²) in [6, 6.07) is 2.59. The molecule has 0 amide bonds. The smallest absolute Gasteiger partial charge is 0.216 e. The van der Waals surface area contributed by atoms with Gasteiger partial charge in [0.05, 0.1) is 6.21 Å². The molecule has 1 N–H and O–H groups in total. The average molecular weight is 319 g/mol. The largest absolute Gasteiger partial charge is 0.346 e. The highest BCUT2D eigenvalue weighted by atomic mass is 32.1. The summed E-state index contributed by atoms with van der Waals surface area (Å²) in [5.41, 5.74) is 3.43. The first-order valence-corrected chi connectivity index (χ1v) is 7.94. The monoisotopic (exact) mass is 319 g/mol. The lowest BCUT2D eigenvalue weighted by Crippen LogP contribution is -2.17. The van der Waals surface area contributed by atoms with Crippen LogP contribution in [0.4, 0.5) is 0 Å². The summed E-state index contributed by atoms with van der Waals surface area (Å²) in [7, 11) is 0. The van der Waals surface area contributed by atoms with Gasteiger partial charge in [-0.2, -0.15) is 14.9 Å². The van der Waals surface area contributed by atoms with Crippen molar-refractivity contribution in [1.82, 2.24) is 19.4 Å². The third-order valence-electron chi connectivity index (χ3n) is 3.67. The fraction of sp³-hybridized carbons (Fsp3) is 0.562. The van der Waals surface area contributed by atoms with Gasteiger partial charge < -0.3 is 4.57 Å². The molecule has 0 aliphatic carbocycles. The fourth-order valence-electron chi connectivity index (χ4n) is 2.73. The second-order valence-corrected chi connectivity index (χ2v) is 7.34. The Labute approximate surface area is 137 Å². The Balaban J connectivity index is 2.45. The number of aromatic nitrogens is 4. The molecule has 22 heavy (non-hydrogen) atoms. The van der Waals surface area contributed by atoms with E-state index < -0.39 is 0 Å². The number of nitrogens with one attached hydrogen (secondary N) is 1. The van der Waals surface area contributed by atoms with E-state index >= 15 is 0 Å². The summed E-state index contributed by atoms with van der Waals surface area (Å²) in [6.07, 6.45) is 1.86. The Kier molecular flexibility index (Phi) is 4.42. The van der Waals surface area contributed by atoms with Gasteiger partial charge in [-0.1, -0.05) is 20.8 Å². The Hall–Kier alpha value is -1.69. The fourth-order valence-corrected chi connectivity index (χ4v) is 2.91. The minimum Gasteiger partial charge on any atom is -0.346 e. The SMILES string of the molecule is Cc1cc(/C=N\n2c(C(C)(C)C)n[nH]c2=S)c(C)n1C(C)C. The third-order valence-corrected chi connectivity index (χ3v) is 3.94. The lowest BCUT2D eigenvalue weighted by molar-refractivity contribution is 0.516. The van der Waals surface area contributed by atoms with E-state index in [1.807, 2.05) is 6.21 Å². The molecule has 6 heteroatoms. The summed E-state index contributed by atoms with van der Waals surface area (Å²) >= 11 is 5.29. The van der Waals surface area contributed by atoms with Crippen LogP contribution in [0.3, 0.4) is 0 Å². The van der Waals surface area contributed by atoms with E-state index in [2.05, 4.69) is 74.4 Å². The van der Waals surface area contributed by atoms with Gasteiger partial charge in [0.25, 0.3) is 0 Å². The average Bonchev–Trinajstić information content (AvgIpc) is 2.87. The van der Waals surface area contributed by atoms with E-state index in [4.69, 9.17) is 12.2 Å². The predicted molar refractivity (Wildman–Crippen MR) is 93.4 cm³/mol. The number of nitrogens with zero attached hydrogens (tertiary/aromatic N) is 4. The molecule has 5 nitrogen and oxygen atoms in total. The zero-order valence-electron chi connectivity index (χ0n) is 14.4. The highest BCUT2D eigenvalue weighted by Gasteiger charge is 2.21. The first-order valence-electron chi connectivity index (χ1n) is 7.53. The number of H-pyrrole nitrogens is 1. The van der Waals surface area contributed by atoms with Gasteiger partial charge >= 0.3 is 0 Å². The van der Waals surface area contributed by atoms with Crippen LogP contribution in [0.25, 0.3) is 0 Å². The Bertz CT molecular complexity index is 753. The van der Waals surface area contributed by atoms with Crippen LogP contribution in [-0.4, -0.2) is 25.7 Å². The zero-order chi connectivity index (χ0) is 16.7. The Morgan fingerprint density at radius 1 is 1.32 bits per heavy atom. The van der Waals surface area contributed by atoms with E-state index in [1.165, 1.54) is 11.4 Å². The van der Waals surface area contributed by atoms with Gasteiger partial charge in [0.1, 0.15) is 0 Å². The molecule has 0 bridgehead atoms. The maximum atomic E-state index is 5.29. The van der Waals surface area contributed by atoms with Crippen molar-refractivity contribution in [3.8, 4) is 0 Å². The summed E-state index contributed by atoms with van der Waals surface area (Å²) in [4.78, 5) is 0. The molecule has 0 fully saturated rings. The zero-order valence-corrected chi connectivity index (χ0v) is 15.2. The topological polar surface area (TPSA) is 50.9 Å². The molecule has 0 atom stereocenters.